The van der Waals surface area contributed by atoms with Gasteiger partial charge in [-0.25, -0.2) is 0 Å². The number of benzene rings is 1. The summed E-state index contributed by atoms with van der Waals surface area (Å²) in [6.07, 6.45) is 0. The summed E-state index contributed by atoms with van der Waals surface area (Å²) in [5, 5.41) is 3.99. The average molecular weight is 276 g/mol. The number of nitrogens with two attached hydrogens (primary N) is 1. The summed E-state index contributed by atoms with van der Waals surface area (Å²) in [6.45, 7) is 8.22. The standard InChI is InChI=1S/C15H20N2OS/c1-8(2)10(4)17-15(18)14-12(16)11-7-5-6-9(3)13(11)19-14/h5-8,10H,16H2,1-4H3,(H,17,18). The smallest absolute Gasteiger partial charge is 0.263 e. The summed E-state index contributed by atoms with van der Waals surface area (Å²) in [5.41, 5.74) is 7.86. The highest BCUT2D eigenvalue weighted by atomic mass is 32.1. The molecule has 1 unspecified atom stereocenters. The van der Waals surface area contributed by atoms with E-state index in [1.54, 1.807) is 0 Å². The molecule has 0 saturated carbocycles. The van der Waals surface area contributed by atoms with E-state index in [-0.39, 0.29) is 11.9 Å². The van der Waals surface area contributed by atoms with Crippen molar-refractivity contribution in [1.29, 1.82) is 0 Å². The van der Waals surface area contributed by atoms with Crippen LogP contribution in [0.4, 0.5) is 5.69 Å². The number of hydrogen-bond acceptors (Lipinski definition) is 3. The van der Waals surface area contributed by atoms with Crippen molar-refractivity contribution in [3.63, 3.8) is 0 Å². The Labute approximate surface area is 117 Å². The SMILES string of the molecule is Cc1cccc2c(N)c(C(=O)NC(C)C(C)C)sc12. The van der Waals surface area contributed by atoms with Crippen LogP contribution in [0.5, 0.6) is 0 Å². The summed E-state index contributed by atoms with van der Waals surface area (Å²) in [5.74, 6) is 0.334. The molecule has 2 aromatic rings. The van der Waals surface area contributed by atoms with Gasteiger partial charge in [0.15, 0.2) is 0 Å². The molecule has 1 aromatic heterocycles. The Hall–Kier alpha value is -1.55. The highest BCUT2D eigenvalue weighted by Crippen LogP contribution is 2.35. The maximum Gasteiger partial charge on any atom is 0.263 e. The molecule has 0 saturated heterocycles. The summed E-state index contributed by atoms with van der Waals surface area (Å²) in [4.78, 5) is 12.9. The highest BCUT2D eigenvalue weighted by Gasteiger charge is 2.19. The van der Waals surface area contributed by atoms with Crippen molar-refractivity contribution < 1.29 is 4.79 Å². The van der Waals surface area contributed by atoms with Gasteiger partial charge in [-0.05, 0) is 25.3 Å². The molecule has 1 atom stereocenters. The number of amides is 1. The number of carbonyl (C=O) groups excluding carboxylic acids is 1. The minimum absolute atomic E-state index is 0.0701. The Bertz CT molecular complexity index is 616. The molecule has 102 valence electrons. The number of anilines is 1. The molecule has 19 heavy (non-hydrogen) atoms. The molecule has 3 N–H and O–H groups in total. The molecule has 1 aromatic carbocycles. The maximum atomic E-state index is 12.3. The molecule has 0 aliphatic heterocycles. The highest BCUT2D eigenvalue weighted by molar-refractivity contribution is 7.21. The largest absolute Gasteiger partial charge is 0.397 e. The molecular formula is C15H20N2OS. The van der Waals surface area contributed by atoms with Gasteiger partial charge in [0.25, 0.3) is 5.91 Å². The van der Waals surface area contributed by atoms with Crippen LogP contribution < -0.4 is 11.1 Å². The van der Waals surface area contributed by atoms with Gasteiger partial charge in [0.05, 0.1) is 5.69 Å². The van der Waals surface area contributed by atoms with Crippen molar-refractivity contribution in [2.45, 2.75) is 33.7 Å². The molecule has 2 rings (SSSR count). The van der Waals surface area contributed by atoms with E-state index in [4.69, 9.17) is 5.73 Å². The van der Waals surface area contributed by atoms with Crippen LogP contribution in [0.1, 0.15) is 36.0 Å². The zero-order valence-electron chi connectivity index (χ0n) is 11.8. The number of fused-ring (bicyclic) bond motifs is 1. The molecule has 4 heteroatoms. The third-order valence-electron chi connectivity index (χ3n) is 3.52. The van der Waals surface area contributed by atoms with Crippen molar-refractivity contribution in [1.82, 2.24) is 5.32 Å². The monoisotopic (exact) mass is 276 g/mol. The molecular weight excluding hydrogens is 256 g/mol. The van der Waals surface area contributed by atoms with E-state index < -0.39 is 0 Å². The first kappa shape index (κ1) is 13.9. The first-order chi connectivity index (χ1) is 8.91. The quantitative estimate of drug-likeness (QED) is 0.900. The summed E-state index contributed by atoms with van der Waals surface area (Å²) in [6, 6.07) is 6.12. The van der Waals surface area contributed by atoms with Crippen LogP contribution in [0, 0.1) is 12.8 Å². The fraction of sp³-hybridized carbons (Fsp3) is 0.400. The van der Waals surface area contributed by atoms with E-state index in [0.717, 1.165) is 15.6 Å². The Morgan fingerprint density at radius 1 is 1.32 bits per heavy atom. The molecule has 0 aliphatic rings. The first-order valence-electron chi connectivity index (χ1n) is 6.50. The normalized spacial score (nSPS) is 12.9. The zero-order chi connectivity index (χ0) is 14.2. The average Bonchev–Trinajstić information content (AvgIpc) is 2.68. The van der Waals surface area contributed by atoms with E-state index in [0.29, 0.717) is 16.5 Å². The van der Waals surface area contributed by atoms with Crippen molar-refractivity contribution in [2.75, 3.05) is 5.73 Å². The van der Waals surface area contributed by atoms with Crippen LogP contribution in [-0.2, 0) is 0 Å². The van der Waals surface area contributed by atoms with E-state index in [2.05, 4.69) is 19.2 Å². The van der Waals surface area contributed by atoms with Gasteiger partial charge in [-0.2, -0.15) is 0 Å². The summed E-state index contributed by atoms with van der Waals surface area (Å²) in [7, 11) is 0. The molecule has 1 heterocycles. The number of rotatable bonds is 3. The van der Waals surface area contributed by atoms with Gasteiger partial charge in [-0.3, -0.25) is 4.79 Å². The molecule has 0 spiro atoms. The summed E-state index contributed by atoms with van der Waals surface area (Å²) < 4.78 is 1.10. The lowest BCUT2D eigenvalue weighted by atomic mass is 10.1. The van der Waals surface area contributed by atoms with Crippen LogP contribution in [0.2, 0.25) is 0 Å². The molecule has 0 aliphatic carbocycles. The second-order valence-electron chi connectivity index (χ2n) is 5.30. The van der Waals surface area contributed by atoms with Gasteiger partial charge < -0.3 is 11.1 Å². The summed E-state index contributed by atoms with van der Waals surface area (Å²) >= 11 is 1.48. The van der Waals surface area contributed by atoms with Crippen LogP contribution in [0.3, 0.4) is 0 Å². The van der Waals surface area contributed by atoms with Crippen LogP contribution >= 0.6 is 11.3 Å². The van der Waals surface area contributed by atoms with Gasteiger partial charge in [-0.15, -0.1) is 11.3 Å². The lowest BCUT2D eigenvalue weighted by Crippen LogP contribution is -2.35. The number of aryl methyl sites for hydroxylation is 1. The first-order valence-corrected chi connectivity index (χ1v) is 7.32. The number of hydrogen-bond donors (Lipinski definition) is 2. The van der Waals surface area contributed by atoms with Crippen molar-refractivity contribution >= 4 is 33.0 Å². The third-order valence-corrected chi connectivity index (χ3v) is 4.87. The molecule has 0 radical (unpaired) electrons. The van der Waals surface area contributed by atoms with Crippen molar-refractivity contribution in [2.24, 2.45) is 5.92 Å². The molecule has 0 fully saturated rings. The number of thiophene rings is 1. The minimum Gasteiger partial charge on any atom is -0.397 e. The Morgan fingerprint density at radius 3 is 2.58 bits per heavy atom. The van der Waals surface area contributed by atoms with E-state index >= 15 is 0 Å². The van der Waals surface area contributed by atoms with Gasteiger partial charge in [0.2, 0.25) is 0 Å². The fourth-order valence-corrected chi connectivity index (χ4v) is 2.98. The van der Waals surface area contributed by atoms with E-state index in [1.165, 1.54) is 11.3 Å². The lowest BCUT2D eigenvalue weighted by Gasteiger charge is -2.16. The van der Waals surface area contributed by atoms with Crippen LogP contribution in [0.15, 0.2) is 18.2 Å². The number of carbonyl (C=O) groups is 1. The Balaban J connectivity index is 2.38. The van der Waals surface area contributed by atoms with Gasteiger partial charge in [0.1, 0.15) is 4.88 Å². The lowest BCUT2D eigenvalue weighted by molar-refractivity contribution is 0.0935. The molecule has 3 nitrogen and oxygen atoms in total. The fourth-order valence-electron chi connectivity index (χ4n) is 1.89. The second kappa shape index (κ2) is 5.21. The van der Waals surface area contributed by atoms with E-state index in [9.17, 15) is 4.79 Å². The van der Waals surface area contributed by atoms with Gasteiger partial charge in [-0.1, -0.05) is 32.0 Å². The number of nitrogen functional groups attached to an aromatic ring is 1. The van der Waals surface area contributed by atoms with Crippen LogP contribution in [0.25, 0.3) is 10.1 Å². The minimum atomic E-state index is -0.0701. The predicted octanol–water partition coefficient (Wildman–Crippen LogP) is 3.57. The zero-order valence-corrected chi connectivity index (χ0v) is 12.6. The van der Waals surface area contributed by atoms with E-state index in [1.807, 2.05) is 32.0 Å². The van der Waals surface area contributed by atoms with Crippen molar-refractivity contribution in [3.05, 3.63) is 28.6 Å². The Morgan fingerprint density at radius 2 is 2.00 bits per heavy atom. The topological polar surface area (TPSA) is 55.1 Å². The molecule has 0 bridgehead atoms. The second-order valence-corrected chi connectivity index (χ2v) is 6.32. The third kappa shape index (κ3) is 2.59. The molecule has 1 amide bonds. The Kier molecular flexibility index (Phi) is 3.80. The van der Waals surface area contributed by atoms with Gasteiger partial charge in [0, 0.05) is 16.1 Å². The van der Waals surface area contributed by atoms with Gasteiger partial charge >= 0.3 is 0 Å². The van der Waals surface area contributed by atoms with Crippen molar-refractivity contribution in [3.8, 4) is 0 Å². The predicted molar refractivity (Wildman–Crippen MR) is 82.7 cm³/mol. The maximum absolute atomic E-state index is 12.3. The van der Waals surface area contributed by atoms with Crippen LogP contribution in [-0.4, -0.2) is 11.9 Å². The number of nitrogens with one attached hydrogen (secondary N) is 1.